The van der Waals surface area contributed by atoms with Gasteiger partial charge >= 0.3 is 14.4 Å². The second-order valence-electron chi connectivity index (χ2n) is 4.40. The highest BCUT2D eigenvalue weighted by atomic mass is 36.0. The van der Waals surface area contributed by atoms with Gasteiger partial charge in [-0.05, 0) is 25.0 Å². The molecule has 10 heteroatoms. The molecule has 0 aliphatic carbocycles. The quantitative estimate of drug-likeness (QED) is 0.696. The van der Waals surface area contributed by atoms with E-state index in [1.807, 2.05) is 0 Å². The fourth-order valence-corrected chi connectivity index (χ4v) is 2.01. The zero-order valence-electron chi connectivity index (χ0n) is 11.1. The smallest absolute Gasteiger partial charge is 0.312 e. The molecule has 1 saturated heterocycles. The molecule has 1 aromatic rings. The third kappa shape index (κ3) is 6.41. The first-order valence-corrected chi connectivity index (χ1v) is 9.24. The van der Waals surface area contributed by atoms with Gasteiger partial charge in [-0.1, -0.05) is 12.1 Å². The van der Waals surface area contributed by atoms with Gasteiger partial charge in [-0.25, -0.2) is 0 Å². The first-order valence-electron chi connectivity index (χ1n) is 6.11. The Hall–Kier alpha value is -0.990. The molecule has 1 aliphatic heterocycles. The van der Waals surface area contributed by atoms with Gasteiger partial charge in [-0.15, -0.1) is 0 Å². The van der Waals surface area contributed by atoms with E-state index in [-0.39, 0.29) is 11.6 Å². The summed E-state index contributed by atoms with van der Waals surface area (Å²) in [5.41, 5.74) is -0.764. The van der Waals surface area contributed by atoms with E-state index in [4.69, 9.17) is 8.42 Å². The standard InChI is InChI=1S/C12H12F3NO.Cl2O2S/c13-12(14,15)9-5-1-2-6-10(9)16-8-4-3-7-11(16)17;1-5(2,3)4/h1-2,5-6H,3-4,7-8H2;. The topological polar surface area (TPSA) is 54.5 Å². The minimum atomic E-state index is -4.42. The van der Waals surface area contributed by atoms with Crippen molar-refractivity contribution in [3.63, 3.8) is 0 Å². The molecule has 2 rings (SSSR count). The number of carbonyl (C=O) groups excluding carboxylic acids is 1. The summed E-state index contributed by atoms with van der Waals surface area (Å²) >= 11 is 0. The molecule has 0 unspecified atom stereocenters. The molecule has 4 nitrogen and oxygen atoms in total. The average molecular weight is 378 g/mol. The number of hydrogen-bond acceptors (Lipinski definition) is 3. The Labute approximate surface area is 134 Å². The molecule has 0 atom stereocenters. The second-order valence-corrected chi connectivity index (χ2v) is 8.06. The van der Waals surface area contributed by atoms with E-state index in [1.165, 1.54) is 23.1 Å². The van der Waals surface area contributed by atoms with Crippen LogP contribution in [0.2, 0.25) is 0 Å². The van der Waals surface area contributed by atoms with Crippen molar-refractivity contribution in [1.29, 1.82) is 0 Å². The van der Waals surface area contributed by atoms with E-state index in [0.717, 1.165) is 18.9 Å². The summed E-state index contributed by atoms with van der Waals surface area (Å²) < 4.78 is 56.7. The molecule has 0 aromatic heterocycles. The largest absolute Gasteiger partial charge is 0.418 e. The highest BCUT2D eigenvalue weighted by Gasteiger charge is 2.36. The van der Waals surface area contributed by atoms with Crippen LogP contribution in [0.25, 0.3) is 0 Å². The van der Waals surface area contributed by atoms with Crippen molar-refractivity contribution < 1.29 is 26.4 Å². The van der Waals surface area contributed by atoms with Crippen LogP contribution in [-0.2, 0) is 19.2 Å². The molecule has 124 valence electrons. The van der Waals surface area contributed by atoms with Crippen molar-refractivity contribution in [1.82, 2.24) is 0 Å². The van der Waals surface area contributed by atoms with E-state index in [1.54, 1.807) is 0 Å². The molecule has 0 radical (unpaired) electrons. The van der Waals surface area contributed by atoms with Gasteiger partial charge in [0.05, 0.1) is 11.3 Å². The Kier molecular flexibility index (Phi) is 6.51. The first kappa shape index (κ1) is 19.1. The summed E-state index contributed by atoms with van der Waals surface area (Å²) in [6.45, 7) is 0.367. The normalized spacial score (nSPS) is 16.0. The van der Waals surface area contributed by atoms with Crippen molar-refractivity contribution >= 4 is 41.2 Å². The van der Waals surface area contributed by atoms with Crippen molar-refractivity contribution in [3.8, 4) is 0 Å². The predicted octanol–water partition coefficient (Wildman–Crippen LogP) is 3.93. The molecule has 0 N–H and O–H groups in total. The van der Waals surface area contributed by atoms with Gasteiger partial charge in [0.2, 0.25) is 5.91 Å². The highest BCUT2D eigenvalue weighted by Crippen LogP contribution is 2.37. The Morgan fingerprint density at radius 3 is 2.14 bits per heavy atom. The van der Waals surface area contributed by atoms with Crippen molar-refractivity contribution in [2.45, 2.75) is 25.4 Å². The maximum absolute atomic E-state index is 12.8. The van der Waals surface area contributed by atoms with Crippen molar-refractivity contribution in [2.24, 2.45) is 0 Å². The summed E-state index contributed by atoms with van der Waals surface area (Å²) in [6.07, 6.45) is -2.60. The molecule has 22 heavy (non-hydrogen) atoms. The van der Waals surface area contributed by atoms with E-state index < -0.39 is 20.0 Å². The molecule has 1 aliphatic rings. The number of alkyl halides is 3. The average Bonchev–Trinajstić information content (AvgIpc) is 2.36. The first-order chi connectivity index (χ1) is 10.00. The third-order valence-electron chi connectivity index (χ3n) is 2.82. The number of nitrogens with zero attached hydrogens (tertiary/aromatic N) is 1. The number of anilines is 1. The third-order valence-corrected chi connectivity index (χ3v) is 2.82. The van der Waals surface area contributed by atoms with Crippen LogP contribution in [0.15, 0.2) is 24.3 Å². The maximum atomic E-state index is 12.8. The van der Waals surface area contributed by atoms with E-state index in [0.29, 0.717) is 13.0 Å². The number of halogens is 5. The lowest BCUT2D eigenvalue weighted by Gasteiger charge is -2.29. The van der Waals surface area contributed by atoms with Crippen LogP contribution in [-0.4, -0.2) is 20.9 Å². The number of para-hydroxylation sites is 1. The van der Waals surface area contributed by atoms with Crippen LogP contribution in [0.3, 0.4) is 0 Å². The lowest BCUT2D eigenvalue weighted by Crippen LogP contribution is -2.36. The Bertz CT molecular complexity index is 627. The van der Waals surface area contributed by atoms with Crippen LogP contribution in [0, 0.1) is 0 Å². The predicted molar refractivity (Wildman–Crippen MR) is 78.3 cm³/mol. The van der Waals surface area contributed by atoms with Crippen LogP contribution < -0.4 is 4.90 Å². The van der Waals surface area contributed by atoms with Crippen molar-refractivity contribution in [2.75, 3.05) is 11.4 Å². The lowest BCUT2D eigenvalue weighted by molar-refractivity contribution is -0.137. The molecule has 1 amide bonds. The van der Waals surface area contributed by atoms with Crippen LogP contribution in [0.5, 0.6) is 0 Å². The number of carbonyl (C=O) groups is 1. The van der Waals surface area contributed by atoms with Gasteiger partial charge in [-0.3, -0.25) is 4.79 Å². The molecular formula is C12H12Cl2F3NO3S. The summed E-state index contributed by atoms with van der Waals surface area (Å²) in [4.78, 5) is 12.9. The molecule has 1 heterocycles. The molecular weight excluding hydrogens is 366 g/mol. The Morgan fingerprint density at radius 2 is 1.64 bits per heavy atom. The zero-order chi connectivity index (χ0) is 17.0. The number of benzene rings is 1. The number of hydrogen-bond donors (Lipinski definition) is 0. The Balaban J connectivity index is 0.000000422. The van der Waals surface area contributed by atoms with Gasteiger partial charge in [0, 0.05) is 34.3 Å². The van der Waals surface area contributed by atoms with Crippen LogP contribution in [0.4, 0.5) is 18.9 Å². The molecule has 1 fully saturated rings. The second kappa shape index (κ2) is 7.52. The van der Waals surface area contributed by atoms with Crippen molar-refractivity contribution in [3.05, 3.63) is 29.8 Å². The van der Waals surface area contributed by atoms with E-state index in [2.05, 4.69) is 21.4 Å². The minimum absolute atomic E-state index is 0.0234. The van der Waals surface area contributed by atoms with E-state index in [9.17, 15) is 18.0 Å². The zero-order valence-corrected chi connectivity index (χ0v) is 13.4. The van der Waals surface area contributed by atoms with Crippen LogP contribution in [0.1, 0.15) is 24.8 Å². The minimum Gasteiger partial charge on any atom is -0.312 e. The summed E-state index contributed by atoms with van der Waals surface area (Å²) in [7, 11) is 4.81. The highest BCUT2D eigenvalue weighted by molar-refractivity contribution is 8.31. The molecule has 0 bridgehead atoms. The molecule has 1 aromatic carbocycles. The molecule has 0 saturated carbocycles. The molecule has 0 spiro atoms. The fraction of sp³-hybridized carbons (Fsp3) is 0.417. The van der Waals surface area contributed by atoms with Gasteiger partial charge < -0.3 is 4.90 Å². The number of piperidine rings is 1. The van der Waals surface area contributed by atoms with Crippen LogP contribution >= 0.6 is 21.4 Å². The summed E-state index contributed by atoms with van der Waals surface area (Å²) in [5, 5.41) is 0. The lowest BCUT2D eigenvalue weighted by atomic mass is 10.1. The van der Waals surface area contributed by atoms with Gasteiger partial charge in [0.25, 0.3) is 0 Å². The van der Waals surface area contributed by atoms with Gasteiger partial charge in [0.1, 0.15) is 0 Å². The maximum Gasteiger partial charge on any atom is 0.418 e. The van der Waals surface area contributed by atoms with Gasteiger partial charge in [-0.2, -0.15) is 21.6 Å². The number of rotatable bonds is 1. The SMILES string of the molecule is O=C1CCCCN1c1ccccc1C(F)(F)F.O=S(=O)(Cl)Cl. The van der Waals surface area contributed by atoms with E-state index >= 15 is 0 Å². The fourth-order valence-electron chi connectivity index (χ4n) is 2.01. The van der Waals surface area contributed by atoms with Gasteiger partial charge in [0.15, 0.2) is 0 Å². The monoisotopic (exact) mass is 377 g/mol. The Morgan fingerprint density at radius 1 is 1.09 bits per heavy atom. The number of amides is 1. The summed E-state index contributed by atoms with van der Waals surface area (Å²) in [6, 6.07) is 5.22. The summed E-state index contributed by atoms with van der Waals surface area (Å²) in [5.74, 6) is -0.229.